The van der Waals surface area contributed by atoms with Gasteiger partial charge in [0.25, 0.3) is 0 Å². The summed E-state index contributed by atoms with van der Waals surface area (Å²) in [6.45, 7) is 0.803. The van der Waals surface area contributed by atoms with Crippen LogP contribution in [0.15, 0.2) is 52.5 Å². The van der Waals surface area contributed by atoms with Crippen molar-refractivity contribution in [3.05, 3.63) is 48.0 Å². The average Bonchev–Trinajstić information content (AvgIpc) is 3.28. The average molecular weight is 310 g/mol. The van der Waals surface area contributed by atoms with E-state index in [-0.39, 0.29) is 5.91 Å². The molecule has 3 heterocycles. The first-order valence-corrected chi connectivity index (χ1v) is 8.09. The topological polar surface area (TPSA) is 46.3 Å². The molecule has 0 unspecified atom stereocenters. The standard InChI is InChI=1S/C17H14N2O2S/c20-16-7-2-8-19(16)13-5-1-4-12(10-13)14-11-22-17(18-14)15-6-3-9-21-15/h1,3-6,9-11H,2,7-8H2. The van der Waals surface area contributed by atoms with Gasteiger partial charge in [-0.15, -0.1) is 11.3 Å². The molecular formula is C17H14N2O2S. The van der Waals surface area contributed by atoms with Crippen molar-refractivity contribution in [1.82, 2.24) is 4.98 Å². The second kappa shape index (κ2) is 5.42. The van der Waals surface area contributed by atoms with Crippen LogP contribution >= 0.6 is 11.3 Å². The van der Waals surface area contributed by atoms with Crippen LogP contribution in [-0.2, 0) is 4.79 Å². The second-order valence-electron chi connectivity index (χ2n) is 5.21. The summed E-state index contributed by atoms with van der Waals surface area (Å²) >= 11 is 1.56. The number of nitrogens with zero attached hydrogens (tertiary/aromatic N) is 2. The Hall–Kier alpha value is -2.40. The molecule has 0 saturated carbocycles. The van der Waals surface area contributed by atoms with Gasteiger partial charge in [0, 0.05) is 29.6 Å². The Morgan fingerprint density at radius 3 is 2.95 bits per heavy atom. The lowest BCUT2D eigenvalue weighted by atomic mass is 10.1. The third kappa shape index (κ3) is 2.33. The van der Waals surface area contributed by atoms with Crippen molar-refractivity contribution in [3.8, 4) is 22.0 Å². The van der Waals surface area contributed by atoms with Crippen LogP contribution in [0.2, 0.25) is 0 Å². The van der Waals surface area contributed by atoms with Crippen molar-refractivity contribution in [2.75, 3.05) is 11.4 Å². The van der Waals surface area contributed by atoms with Crippen molar-refractivity contribution in [3.63, 3.8) is 0 Å². The molecule has 1 aliphatic heterocycles. The molecule has 4 rings (SSSR count). The summed E-state index contributed by atoms with van der Waals surface area (Å²) in [7, 11) is 0. The number of rotatable bonds is 3. The molecule has 1 saturated heterocycles. The van der Waals surface area contributed by atoms with E-state index in [9.17, 15) is 4.79 Å². The fraction of sp³-hybridized carbons (Fsp3) is 0.176. The molecular weight excluding hydrogens is 296 g/mol. The van der Waals surface area contributed by atoms with Crippen LogP contribution in [0.4, 0.5) is 5.69 Å². The number of carbonyl (C=O) groups is 1. The molecule has 4 nitrogen and oxygen atoms in total. The molecule has 0 radical (unpaired) electrons. The van der Waals surface area contributed by atoms with E-state index in [2.05, 4.69) is 4.98 Å². The predicted molar refractivity (Wildman–Crippen MR) is 86.8 cm³/mol. The zero-order valence-electron chi connectivity index (χ0n) is 11.9. The van der Waals surface area contributed by atoms with E-state index in [4.69, 9.17) is 4.42 Å². The molecule has 2 aromatic heterocycles. The lowest BCUT2D eigenvalue weighted by Gasteiger charge is -2.16. The molecule has 1 aromatic carbocycles. The number of thiazole rings is 1. The van der Waals surface area contributed by atoms with Crippen molar-refractivity contribution in [2.24, 2.45) is 0 Å². The van der Waals surface area contributed by atoms with Gasteiger partial charge in [-0.05, 0) is 30.7 Å². The van der Waals surface area contributed by atoms with Gasteiger partial charge < -0.3 is 9.32 Å². The van der Waals surface area contributed by atoms with Crippen molar-refractivity contribution >= 4 is 22.9 Å². The number of hydrogen-bond donors (Lipinski definition) is 0. The van der Waals surface area contributed by atoms with E-state index in [0.717, 1.165) is 40.7 Å². The fourth-order valence-electron chi connectivity index (χ4n) is 2.67. The van der Waals surface area contributed by atoms with Crippen LogP contribution in [0.1, 0.15) is 12.8 Å². The van der Waals surface area contributed by atoms with E-state index in [1.54, 1.807) is 17.6 Å². The highest BCUT2D eigenvalue weighted by Crippen LogP contribution is 2.31. The molecule has 3 aromatic rings. The zero-order valence-corrected chi connectivity index (χ0v) is 12.7. The molecule has 1 fully saturated rings. The van der Waals surface area contributed by atoms with Gasteiger partial charge in [-0.3, -0.25) is 4.79 Å². The highest BCUT2D eigenvalue weighted by Gasteiger charge is 2.22. The quantitative estimate of drug-likeness (QED) is 0.728. The number of hydrogen-bond acceptors (Lipinski definition) is 4. The van der Waals surface area contributed by atoms with Gasteiger partial charge in [-0.2, -0.15) is 0 Å². The largest absolute Gasteiger partial charge is 0.462 e. The van der Waals surface area contributed by atoms with Crippen LogP contribution in [0.25, 0.3) is 22.0 Å². The lowest BCUT2D eigenvalue weighted by Crippen LogP contribution is -2.23. The summed E-state index contributed by atoms with van der Waals surface area (Å²) in [4.78, 5) is 18.4. The maximum Gasteiger partial charge on any atom is 0.227 e. The minimum Gasteiger partial charge on any atom is -0.462 e. The summed E-state index contributed by atoms with van der Waals surface area (Å²) in [5.74, 6) is 0.980. The first kappa shape index (κ1) is 13.3. The first-order chi connectivity index (χ1) is 10.8. The molecule has 22 heavy (non-hydrogen) atoms. The number of anilines is 1. The van der Waals surface area contributed by atoms with Gasteiger partial charge in [0.05, 0.1) is 12.0 Å². The van der Waals surface area contributed by atoms with Crippen LogP contribution < -0.4 is 4.90 Å². The van der Waals surface area contributed by atoms with Gasteiger partial charge in [-0.1, -0.05) is 12.1 Å². The minimum atomic E-state index is 0.201. The number of carbonyl (C=O) groups excluding carboxylic acids is 1. The Kier molecular flexibility index (Phi) is 3.27. The highest BCUT2D eigenvalue weighted by atomic mass is 32.1. The Morgan fingerprint density at radius 1 is 1.23 bits per heavy atom. The molecule has 0 N–H and O–H groups in total. The van der Waals surface area contributed by atoms with Crippen LogP contribution in [0.3, 0.4) is 0 Å². The Bertz CT molecular complexity index is 808. The molecule has 0 atom stereocenters. The zero-order chi connectivity index (χ0) is 14.9. The molecule has 0 aliphatic carbocycles. The third-order valence-electron chi connectivity index (χ3n) is 3.76. The first-order valence-electron chi connectivity index (χ1n) is 7.21. The van der Waals surface area contributed by atoms with Gasteiger partial charge in [0.15, 0.2) is 10.8 Å². The smallest absolute Gasteiger partial charge is 0.227 e. The van der Waals surface area contributed by atoms with E-state index in [1.165, 1.54) is 0 Å². The normalized spacial score (nSPS) is 14.7. The van der Waals surface area contributed by atoms with Crippen molar-refractivity contribution in [2.45, 2.75) is 12.8 Å². The van der Waals surface area contributed by atoms with Crippen molar-refractivity contribution in [1.29, 1.82) is 0 Å². The predicted octanol–water partition coefficient (Wildman–Crippen LogP) is 4.20. The van der Waals surface area contributed by atoms with Crippen molar-refractivity contribution < 1.29 is 9.21 Å². The molecule has 1 aliphatic rings. The van der Waals surface area contributed by atoms with Crippen LogP contribution in [0, 0.1) is 0 Å². The molecule has 5 heteroatoms. The number of aromatic nitrogens is 1. The number of benzene rings is 1. The minimum absolute atomic E-state index is 0.201. The van der Waals surface area contributed by atoms with Crippen LogP contribution in [-0.4, -0.2) is 17.4 Å². The maximum absolute atomic E-state index is 11.9. The monoisotopic (exact) mass is 310 g/mol. The van der Waals surface area contributed by atoms with Gasteiger partial charge >= 0.3 is 0 Å². The number of furan rings is 1. The number of amides is 1. The van der Waals surface area contributed by atoms with E-state index in [1.807, 2.05) is 46.7 Å². The summed E-state index contributed by atoms with van der Waals surface area (Å²) in [5.41, 5.74) is 2.88. The lowest BCUT2D eigenvalue weighted by molar-refractivity contribution is -0.117. The Labute approximate surface area is 132 Å². The van der Waals surface area contributed by atoms with E-state index >= 15 is 0 Å². The fourth-order valence-corrected chi connectivity index (χ4v) is 3.47. The van der Waals surface area contributed by atoms with Gasteiger partial charge in [0.1, 0.15) is 0 Å². The molecule has 110 valence electrons. The molecule has 1 amide bonds. The molecule has 0 spiro atoms. The van der Waals surface area contributed by atoms with Crippen LogP contribution in [0.5, 0.6) is 0 Å². The summed E-state index contributed by atoms with van der Waals surface area (Å²) in [5, 5.41) is 2.88. The summed E-state index contributed by atoms with van der Waals surface area (Å²) in [6.07, 6.45) is 3.22. The summed E-state index contributed by atoms with van der Waals surface area (Å²) in [6, 6.07) is 11.8. The Morgan fingerprint density at radius 2 is 2.18 bits per heavy atom. The van der Waals surface area contributed by atoms with Gasteiger partial charge in [-0.25, -0.2) is 4.98 Å². The van der Waals surface area contributed by atoms with E-state index in [0.29, 0.717) is 6.42 Å². The third-order valence-corrected chi connectivity index (χ3v) is 4.62. The Balaban J connectivity index is 1.67. The van der Waals surface area contributed by atoms with E-state index < -0.39 is 0 Å². The van der Waals surface area contributed by atoms with Gasteiger partial charge in [0.2, 0.25) is 5.91 Å². The summed E-state index contributed by atoms with van der Waals surface area (Å²) < 4.78 is 5.38. The molecule has 0 bridgehead atoms. The SMILES string of the molecule is O=C1CCCN1c1cccc(-c2csc(-c3ccco3)n2)c1. The maximum atomic E-state index is 11.9. The highest BCUT2D eigenvalue weighted by molar-refractivity contribution is 7.13. The second-order valence-corrected chi connectivity index (χ2v) is 6.07.